The summed E-state index contributed by atoms with van der Waals surface area (Å²) in [5.41, 5.74) is -3.51. The molecule has 0 aliphatic rings. The largest absolute Gasteiger partial charge is 0.422 e. The fraction of sp³-hybridized carbons (Fsp3) is 0.0769. The first-order valence-electron chi connectivity index (χ1n) is 6.93. The lowest BCUT2D eigenvalue weighted by molar-refractivity contribution is -0.441. The Hall–Kier alpha value is -4.56. The van der Waals surface area contributed by atoms with E-state index in [9.17, 15) is 50.6 Å². The molecule has 0 amide bonds. The maximum Gasteiger partial charge on any atom is 0.422 e. The number of nitro groups is 5. The molecule has 15 heteroatoms. The van der Waals surface area contributed by atoms with E-state index in [1.807, 2.05) is 0 Å². The van der Waals surface area contributed by atoms with Crippen LogP contribution in [-0.2, 0) is 0 Å². The Balaban J connectivity index is 0.000000283. The van der Waals surface area contributed by atoms with Gasteiger partial charge in [-0.15, -0.1) is 0 Å². The van der Waals surface area contributed by atoms with Crippen LogP contribution in [0.2, 0.25) is 0 Å². The molecule has 0 bridgehead atoms. The normalized spacial score (nSPS) is 9.61. The number of nitrogens with zero attached hydrogens (tertiary/aromatic N) is 5. The van der Waals surface area contributed by atoms with Crippen LogP contribution in [0.5, 0.6) is 0 Å². The van der Waals surface area contributed by atoms with Crippen molar-refractivity contribution < 1.29 is 24.6 Å². The molecule has 2 aromatic carbocycles. The summed E-state index contributed by atoms with van der Waals surface area (Å²) >= 11 is 0. The maximum atomic E-state index is 10.4. The Morgan fingerprint density at radius 2 is 0.857 bits per heavy atom. The molecule has 0 fully saturated rings. The summed E-state index contributed by atoms with van der Waals surface area (Å²) in [4.78, 5) is 47.3. The molecule has 0 saturated heterocycles. The zero-order valence-corrected chi connectivity index (χ0v) is 13.8. The van der Waals surface area contributed by atoms with E-state index in [-0.39, 0.29) is 0 Å². The number of hydrogen-bond donors (Lipinski definition) is 0. The molecule has 0 aromatic heterocycles. The first kappa shape index (κ1) is 21.5. The maximum absolute atomic E-state index is 10.4. The van der Waals surface area contributed by atoms with Crippen LogP contribution >= 0.6 is 0 Å². The van der Waals surface area contributed by atoms with Gasteiger partial charge in [-0.1, -0.05) is 12.1 Å². The number of benzene rings is 2. The quantitative estimate of drug-likeness (QED) is 0.531. The molecule has 0 unspecified atom stereocenters. The van der Waals surface area contributed by atoms with E-state index in [2.05, 4.69) is 0 Å². The van der Waals surface area contributed by atoms with Gasteiger partial charge in [0.1, 0.15) is 0 Å². The highest BCUT2D eigenvalue weighted by Gasteiger charge is 2.34. The van der Waals surface area contributed by atoms with Crippen LogP contribution in [0.3, 0.4) is 0 Å². The highest BCUT2D eigenvalue weighted by molar-refractivity contribution is 5.65. The van der Waals surface area contributed by atoms with Crippen molar-refractivity contribution in [1.82, 2.24) is 0 Å². The molecule has 0 N–H and O–H groups in total. The van der Waals surface area contributed by atoms with Gasteiger partial charge in [-0.05, 0) is 13.0 Å². The van der Waals surface area contributed by atoms with Gasteiger partial charge in [-0.2, -0.15) is 0 Å². The molecule has 28 heavy (non-hydrogen) atoms. The topological polar surface area (TPSA) is 216 Å². The molecule has 0 aliphatic carbocycles. The van der Waals surface area contributed by atoms with Crippen molar-refractivity contribution in [1.29, 1.82) is 0 Å². The molecule has 0 saturated carbocycles. The van der Waals surface area contributed by atoms with Crippen molar-refractivity contribution >= 4 is 28.4 Å². The van der Waals surface area contributed by atoms with Crippen molar-refractivity contribution in [3.05, 3.63) is 92.5 Å². The Labute approximate surface area is 153 Å². The van der Waals surface area contributed by atoms with Crippen LogP contribution in [0.15, 0.2) is 36.4 Å². The summed E-state index contributed by atoms with van der Waals surface area (Å²) in [7, 11) is 0. The summed E-state index contributed by atoms with van der Waals surface area (Å²) in [5.74, 6) is 0. The van der Waals surface area contributed by atoms with E-state index in [4.69, 9.17) is 0 Å². The average molecular weight is 395 g/mol. The number of rotatable bonds is 5. The van der Waals surface area contributed by atoms with Gasteiger partial charge < -0.3 is 0 Å². The van der Waals surface area contributed by atoms with Crippen LogP contribution in [0, 0.1) is 57.5 Å². The second kappa shape index (κ2) is 8.70. The van der Waals surface area contributed by atoms with Gasteiger partial charge in [0.05, 0.1) is 24.6 Å². The molecule has 146 valence electrons. The lowest BCUT2D eigenvalue weighted by atomic mass is 10.2. The van der Waals surface area contributed by atoms with E-state index in [0.29, 0.717) is 5.56 Å². The summed E-state index contributed by atoms with van der Waals surface area (Å²) < 4.78 is 0. The van der Waals surface area contributed by atoms with Crippen LogP contribution < -0.4 is 0 Å². The minimum atomic E-state index is -1.14. The number of para-hydroxylation sites is 2. The fourth-order valence-corrected chi connectivity index (χ4v) is 2.03. The minimum Gasteiger partial charge on any atom is -0.258 e. The second-order valence-corrected chi connectivity index (χ2v) is 4.87. The standard InChI is InChI=1S/C7H6N2O4.C6H3N3O6/c1-5-3-2-4-6(8(10)11)7(5)9(12)13;10-7(11)4-2-1-3-5(8(12)13)6(4)9(14)15/h2-4H,1H3;1-3H. The third-order valence-electron chi connectivity index (χ3n) is 3.17. The predicted octanol–water partition coefficient (Wildman–Crippen LogP) is 3.22. The molecule has 15 nitrogen and oxygen atoms in total. The van der Waals surface area contributed by atoms with Crippen molar-refractivity contribution in [2.24, 2.45) is 0 Å². The highest BCUT2D eigenvalue weighted by atomic mass is 16.7. The van der Waals surface area contributed by atoms with E-state index < -0.39 is 53.1 Å². The minimum absolute atomic E-state index is 0.291. The average Bonchev–Trinajstić information content (AvgIpc) is 2.60. The van der Waals surface area contributed by atoms with Gasteiger partial charge in [0.15, 0.2) is 0 Å². The number of nitro benzene ring substituents is 5. The Kier molecular flexibility index (Phi) is 6.67. The molecule has 0 heterocycles. The Morgan fingerprint density at radius 3 is 1.14 bits per heavy atom. The summed E-state index contributed by atoms with van der Waals surface area (Å²) in [6, 6.07) is 6.69. The summed E-state index contributed by atoms with van der Waals surface area (Å²) in [6.45, 7) is 1.46. The fourth-order valence-electron chi connectivity index (χ4n) is 2.03. The van der Waals surface area contributed by atoms with Gasteiger partial charge in [0.2, 0.25) is 0 Å². The highest BCUT2D eigenvalue weighted by Crippen LogP contribution is 2.35. The lowest BCUT2D eigenvalue weighted by Crippen LogP contribution is -2.00. The zero-order chi connectivity index (χ0) is 21.6. The molecule has 0 atom stereocenters. The molecule has 2 aromatic rings. The van der Waals surface area contributed by atoms with E-state index in [0.717, 1.165) is 24.3 Å². The van der Waals surface area contributed by atoms with Crippen LogP contribution in [-0.4, -0.2) is 24.6 Å². The molecular formula is C13H9N5O10. The first-order valence-corrected chi connectivity index (χ1v) is 6.93. The van der Waals surface area contributed by atoms with Gasteiger partial charge >= 0.3 is 28.4 Å². The van der Waals surface area contributed by atoms with Crippen LogP contribution in [0.1, 0.15) is 5.56 Å². The Morgan fingerprint density at radius 1 is 0.536 bits per heavy atom. The number of hydrogen-bond acceptors (Lipinski definition) is 10. The summed E-state index contributed by atoms with van der Waals surface area (Å²) in [6.07, 6.45) is 0. The van der Waals surface area contributed by atoms with Crippen molar-refractivity contribution in [3.63, 3.8) is 0 Å². The molecule has 0 spiro atoms. The van der Waals surface area contributed by atoms with Gasteiger partial charge in [-0.25, -0.2) is 0 Å². The second-order valence-electron chi connectivity index (χ2n) is 4.87. The third kappa shape index (κ3) is 4.75. The molecule has 0 aliphatic heterocycles. The predicted molar refractivity (Wildman–Crippen MR) is 90.9 cm³/mol. The van der Waals surface area contributed by atoms with Crippen LogP contribution in [0.25, 0.3) is 0 Å². The number of aryl methyl sites for hydroxylation is 1. The SMILES string of the molecule is Cc1cccc([N+](=O)[O-])c1[N+](=O)[O-].O=[N+]([O-])c1cccc([N+](=O)[O-])c1[N+](=O)[O-]. The molecular weight excluding hydrogens is 386 g/mol. The smallest absolute Gasteiger partial charge is 0.258 e. The van der Waals surface area contributed by atoms with E-state index in [1.165, 1.54) is 19.1 Å². The lowest BCUT2D eigenvalue weighted by Gasteiger charge is -1.96. The van der Waals surface area contributed by atoms with Crippen molar-refractivity contribution in [2.75, 3.05) is 0 Å². The van der Waals surface area contributed by atoms with Crippen LogP contribution in [0.4, 0.5) is 28.4 Å². The molecule has 0 radical (unpaired) electrons. The summed E-state index contributed by atoms with van der Waals surface area (Å²) in [5, 5.41) is 52.0. The molecule has 2 rings (SSSR count). The van der Waals surface area contributed by atoms with E-state index >= 15 is 0 Å². The first-order chi connectivity index (χ1) is 13.0. The third-order valence-corrected chi connectivity index (χ3v) is 3.17. The monoisotopic (exact) mass is 395 g/mol. The Bertz CT molecular complexity index is 957. The van der Waals surface area contributed by atoms with Gasteiger partial charge in [-0.3, -0.25) is 50.6 Å². The zero-order valence-electron chi connectivity index (χ0n) is 13.8. The van der Waals surface area contributed by atoms with Gasteiger partial charge in [0.25, 0.3) is 0 Å². The van der Waals surface area contributed by atoms with Crippen molar-refractivity contribution in [3.8, 4) is 0 Å². The van der Waals surface area contributed by atoms with E-state index in [1.54, 1.807) is 0 Å². The van der Waals surface area contributed by atoms with Crippen molar-refractivity contribution in [2.45, 2.75) is 6.92 Å². The van der Waals surface area contributed by atoms with Gasteiger partial charge in [0, 0.05) is 23.8 Å².